The zero-order chi connectivity index (χ0) is 17.2. The largest absolute Gasteiger partial charge is 0.376 e. The lowest BCUT2D eigenvalue weighted by Gasteiger charge is -2.16. The first kappa shape index (κ1) is 17.4. The van der Waals surface area contributed by atoms with E-state index < -0.39 is 10.0 Å². The smallest absolute Gasteiger partial charge is 0.245 e. The minimum Gasteiger partial charge on any atom is -0.376 e. The Bertz CT molecular complexity index is 797. The van der Waals surface area contributed by atoms with Gasteiger partial charge in [0.2, 0.25) is 15.9 Å². The highest BCUT2D eigenvalue weighted by atomic mass is 32.2. The molecule has 0 spiro atoms. The fraction of sp³-hybridized carbons (Fsp3) is 0.467. The Kier molecular flexibility index (Phi) is 5.06. The quantitative estimate of drug-likeness (QED) is 0.868. The Labute approximate surface area is 136 Å². The van der Waals surface area contributed by atoms with Crippen LogP contribution in [0.15, 0.2) is 21.6 Å². The van der Waals surface area contributed by atoms with E-state index in [2.05, 4.69) is 15.5 Å². The monoisotopic (exact) mass is 338 g/mol. The van der Waals surface area contributed by atoms with E-state index in [0.717, 1.165) is 16.8 Å². The lowest BCUT2D eigenvalue weighted by atomic mass is 10.1. The minimum atomic E-state index is -3.48. The van der Waals surface area contributed by atoms with Gasteiger partial charge in [0.05, 0.1) is 11.4 Å². The van der Waals surface area contributed by atoms with Crippen molar-refractivity contribution in [3.63, 3.8) is 0 Å². The first-order chi connectivity index (χ1) is 10.8. The summed E-state index contributed by atoms with van der Waals surface area (Å²) in [7, 11) is -0.447. The number of benzene rings is 1. The number of aryl methyl sites for hydroxylation is 2. The first-order valence-corrected chi connectivity index (χ1v) is 8.78. The van der Waals surface area contributed by atoms with Gasteiger partial charge in [-0.1, -0.05) is 12.1 Å². The summed E-state index contributed by atoms with van der Waals surface area (Å²) in [6, 6.07) is 3.31. The molecule has 0 bridgehead atoms. The topological polar surface area (TPSA) is 88.3 Å². The number of sulfonamides is 1. The third-order valence-electron chi connectivity index (χ3n) is 3.68. The second-order valence-electron chi connectivity index (χ2n) is 5.51. The normalized spacial score (nSPS) is 11.9. The molecule has 2 rings (SSSR count). The number of rotatable bonds is 6. The fourth-order valence-corrected chi connectivity index (χ4v) is 3.06. The summed E-state index contributed by atoms with van der Waals surface area (Å²) in [6.07, 6.45) is 0.707. The fourth-order valence-electron chi connectivity index (χ4n) is 2.05. The maximum absolute atomic E-state index is 12.3. The molecule has 0 aliphatic heterocycles. The Morgan fingerprint density at radius 2 is 1.96 bits per heavy atom. The van der Waals surface area contributed by atoms with Crippen LogP contribution >= 0.6 is 0 Å². The number of nitrogens with zero attached hydrogens (tertiary/aromatic N) is 3. The van der Waals surface area contributed by atoms with Gasteiger partial charge >= 0.3 is 0 Å². The van der Waals surface area contributed by atoms with Crippen molar-refractivity contribution >= 4 is 15.7 Å². The average molecular weight is 338 g/mol. The van der Waals surface area contributed by atoms with Crippen LogP contribution in [0, 0.1) is 13.8 Å². The van der Waals surface area contributed by atoms with Crippen LogP contribution in [-0.2, 0) is 23.0 Å². The molecule has 0 unspecified atom stereocenters. The van der Waals surface area contributed by atoms with E-state index in [1.165, 1.54) is 18.4 Å². The summed E-state index contributed by atoms with van der Waals surface area (Å²) in [5.74, 6) is 1.12. The SMILES string of the molecule is CCc1noc(CNc2cc(S(=O)(=O)N(C)C)cc(C)c2C)n1. The molecule has 7 nitrogen and oxygen atoms in total. The van der Waals surface area contributed by atoms with Crippen LogP contribution in [0.2, 0.25) is 0 Å². The minimum absolute atomic E-state index is 0.257. The zero-order valence-electron chi connectivity index (χ0n) is 14.0. The van der Waals surface area contributed by atoms with Crippen LogP contribution in [-0.4, -0.2) is 37.0 Å². The van der Waals surface area contributed by atoms with E-state index in [4.69, 9.17) is 4.52 Å². The maximum atomic E-state index is 12.3. The van der Waals surface area contributed by atoms with Crippen LogP contribution in [0.25, 0.3) is 0 Å². The van der Waals surface area contributed by atoms with Crippen molar-refractivity contribution in [2.24, 2.45) is 0 Å². The van der Waals surface area contributed by atoms with Gasteiger partial charge in [-0.15, -0.1) is 0 Å². The van der Waals surface area contributed by atoms with Gasteiger partial charge in [-0.2, -0.15) is 4.98 Å². The van der Waals surface area contributed by atoms with Crippen molar-refractivity contribution in [3.05, 3.63) is 35.0 Å². The van der Waals surface area contributed by atoms with E-state index in [9.17, 15) is 8.42 Å². The van der Waals surface area contributed by atoms with Gasteiger partial charge in [-0.05, 0) is 37.1 Å². The van der Waals surface area contributed by atoms with E-state index in [0.29, 0.717) is 24.7 Å². The van der Waals surface area contributed by atoms with Gasteiger partial charge in [-0.25, -0.2) is 12.7 Å². The highest BCUT2D eigenvalue weighted by molar-refractivity contribution is 7.89. The molecule has 1 N–H and O–H groups in total. The number of hydrogen-bond donors (Lipinski definition) is 1. The van der Waals surface area contributed by atoms with Crippen LogP contribution in [0.3, 0.4) is 0 Å². The number of anilines is 1. The van der Waals surface area contributed by atoms with Crippen LogP contribution < -0.4 is 5.32 Å². The van der Waals surface area contributed by atoms with Gasteiger partial charge in [-0.3, -0.25) is 0 Å². The number of nitrogens with one attached hydrogen (secondary N) is 1. The summed E-state index contributed by atoms with van der Waals surface area (Å²) in [5.41, 5.74) is 2.62. The van der Waals surface area contributed by atoms with E-state index in [1.807, 2.05) is 20.8 Å². The van der Waals surface area contributed by atoms with E-state index in [-0.39, 0.29) is 4.90 Å². The molecule has 1 heterocycles. The van der Waals surface area contributed by atoms with Crippen molar-refractivity contribution < 1.29 is 12.9 Å². The molecule has 2 aromatic rings. The van der Waals surface area contributed by atoms with Crippen molar-refractivity contribution in [3.8, 4) is 0 Å². The van der Waals surface area contributed by atoms with Gasteiger partial charge in [0, 0.05) is 26.2 Å². The third-order valence-corrected chi connectivity index (χ3v) is 5.47. The summed E-state index contributed by atoms with van der Waals surface area (Å²) in [5, 5.41) is 7.02. The number of aromatic nitrogens is 2. The molecule has 0 atom stereocenters. The lowest BCUT2D eigenvalue weighted by molar-refractivity contribution is 0.378. The molecular weight excluding hydrogens is 316 g/mol. The van der Waals surface area contributed by atoms with Crippen molar-refractivity contribution in [2.45, 2.75) is 38.6 Å². The molecule has 0 radical (unpaired) electrons. The third kappa shape index (κ3) is 3.70. The second-order valence-corrected chi connectivity index (χ2v) is 7.66. The molecule has 0 saturated heterocycles. The highest BCUT2D eigenvalue weighted by Gasteiger charge is 2.19. The van der Waals surface area contributed by atoms with Crippen LogP contribution in [0.5, 0.6) is 0 Å². The Hall–Kier alpha value is -1.93. The molecule has 23 heavy (non-hydrogen) atoms. The predicted molar refractivity (Wildman–Crippen MR) is 87.8 cm³/mol. The van der Waals surface area contributed by atoms with Gasteiger partial charge in [0.25, 0.3) is 0 Å². The summed E-state index contributed by atoms with van der Waals surface area (Å²) < 4.78 is 31.0. The second kappa shape index (κ2) is 6.67. The summed E-state index contributed by atoms with van der Waals surface area (Å²) >= 11 is 0. The molecule has 0 fully saturated rings. The highest BCUT2D eigenvalue weighted by Crippen LogP contribution is 2.25. The van der Waals surface area contributed by atoms with E-state index >= 15 is 0 Å². The molecule has 0 amide bonds. The van der Waals surface area contributed by atoms with Crippen molar-refractivity contribution in [1.29, 1.82) is 0 Å². The Morgan fingerprint density at radius 1 is 1.26 bits per heavy atom. The van der Waals surface area contributed by atoms with E-state index in [1.54, 1.807) is 12.1 Å². The first-order valence-electron chi connectivity index (χ1n) is 7.34. The Morgan fingerprint density at radius 3 is 2.52 bits per heavy atom. The average Bonchev–Trinajstić information content (AvgIpc) is 2.96. The Balaban J connectivity index is 2.29. The maximum Gasteiger partial charge on any atom is 0.245 e. The zero-order valence-corrected chi connectivity index (χ0v) is 14.9. The summed E-state index contributed by atoms with van der Waals surface area (Å²) in [4.78, 5) is 4.49. The molecule has 126 valence electrons. The molecule has 0 aliphatic carbocycles. The summed E-state index contributed by atoms with van der Waals surface area (Å²) in [6.45, 7) is 6.12. The van der Waals surface area contributed by atoms with Crippen molar-refractivity contribution in [1.82, 2.24) is 14.4 Å². The predicted octanol–water partition coefficient (Wildman–Crippen LogP) is 2.11. The van der Waals surface area contributed by atoms with Crippen LogP contribution in [0.1, 0.15) is 29.8 Å². The van der Waals surface area contributed by atoms with Gasteiger partial charge in [0.15, 0.2) is 5.82 Å². The number of hydrogen-bond acceptors (Lipinski definition) is 6. The van der Waals surface area contributed by atoms with Gasteiger partial charge in [0.1, 0.15) is 0 Å². The molecule has 8 heteroatoms. The standard InChI is InChI=1S/C15H22N4O3S/c1-6-14-17-15(22-18-14)9-16-13-8-12(7-10(2)11(13)3)23(20,21)19(4)5/h7-8,16H,6,9H2,1-5H3. The molecular formula is C15H22N4O3S. The molecule has 0 saturated carbocycles. The van der Waals surface area contributed by atoms with Crippen LogP contribution in [0.4, 0.5) is 5.69 Å². The van der Waals surface area contributed by atoms with Crippen molar-refractivity contribution in [2.75, 3.05) is 19.4 Å². The molecule has 1 aromatic carbocycles. The molecule has 1 aromatic heterocycles. The lowest BCUT2D eigenvalue weighted by Crippen LogP contribution is -2.22. The van der Waals surface area contributed by atoms with Gasteiger partial charge < -0.3 is 9.84 Å². The molecule has 0 aliphatic rings.